The number of hydrogen-bond donors (Lipinski definition) is 0. The molecule has 0 aromatic heterocycles. The maximum atomic E-state index is 2.43. The zero-order valence-electron chi connectivity index (χ0n) is 10.9. The van der Waals surface area contributed by atoms with E-state index in [2.05, 4.69) is 37.9 Å². The third kappa shape index (κ3) is 4.97. The molecule has 1 fully saturated rings. The van der Waals surface area contributed by atoms with Crippen molar-refractivity contribution in [2.45, 2.75) is 33.6 Å². The Balaban J connectivity index is 0.000000791. The molecule has 0 N–H and O–H groups in total. The number of nitrogens with zero attached hydrogens (tertiary/aromatic N) is 2. The van der Waals surface area contributed by atoms with Crippen LogP contribution in [0.1, 0.15) is 33.6 Å². The lowest BCUT2D eigenvalue weighted by molar-refractivity contribution is 0.107. The maximum Gasteiger partial charge on any atom is 0.00302 e. The molecule has 0 saturated carbocycles. The smallest absolute Gasteiger partial charge is 0.00302 e. The van der Waals surface area contributed by atoms with Crippen molar-refractivity contribution >= 4 is 0 Å². The molecular weight excluding hydrogens is 172 g/mol. The average Bonchev–Trinajstić information content (AvgIpc) is 2.13. The van der Waals surface area contributed by atoms with Crippen molar-refractivity contribution in [2.75, 3.05) is 40.8 Å². The van der Waals surface area contributed by atoms with Crippen molar-refractivity contribution in [2.24, 2.45) is 5.41 Å². The van der Waals surface area contributed by atoms with Crippen molar-refractivity contribution in [3.8, 4) is 0 Å². The molecule has 0 atom stereocenters. The fourth-order valence-corrected chi connectivity index (χ4v) is 2.08. The Kier molecular flexibility index (Phi) is 6.38. The molecule has 0 spiro atoms. The van der Waals surface area contributed by atoms with Gasteiger partial charge in [0.15, 0.2) is 0 Å². The summed E-state index contributed by atoms with van der Waals surface area (Å²) in [6.45, 7) is 10.2. The lowest BCUT2D eigenvalue weighted by atomic mass is 9.80. The molecule has 1 saturated heterocycles. The highest BCUT2D eigenvalue weighted by Crippen LogP contribution is 2.30. The van der Waals surface area contributed by atoms with Crippen LogP contribution in [0.2, 0.25) is 0 Å². The maximum absolute atomic E-state index is 2.43. The van der Waals surface area contributed by atoms with E-state index in [1.54, 1.807) is 0 Å². The summed E-state index contributed by atoms with van der Waals surface area (Å²) in [4.78, 5) is 4.74. The minimum atomic E-state index is 0.565. The molecule has 2 nitrogen and oxygen atoms in total. The first-order valence-electron chi connectivity index (χ1n) is 5.85. The Hall–Kier alpha value is -0.0800. The van der Waals surface area contributed by atoms with Crippen LogP contribution in [0.5, 0.6) is 0 Å². The fraction of sp³-hybridized carbons (Fsp3) is 1.00. The standard InChI is InChI=1S/C10H22N2.C2H6/c1-10(9-11(2)3)5-7-12(4)8-6-10;1-2/h5-9H2,1-4H3;1-2H3. The Morgan fingerprint density at radius 1 is 1.14 bits per heavy atom. The molecule has 0 radical (unpaired) electrons. The van der Waals surface area contributed by atoms with Gasteiger partial charge < -0.3 is 9.80 Å². The number of rotatable bonds is 2. The van der Waals surface area contributed by atoms with Gasteiger partial charge in [-0.05, 0) is 52.5 Å². The van der Waals surface area contributed by atoms with E-state index in [1.165, 1.54) is 32.5 Å². The van der Waals surface area contributed by atoms with Crippen molar-refractivity contribution in [1.29, 1.82) is 0 Å². The third-order valence-corrected chi connectivity index (χ3v) is 2.89. The summed E-state index contributed by atoms with van der Waals surface area (Å²) in [5, 5.41) is 0. The lowest BCUT2D eigenvalue weighted by Gasteiger charge is -2.39. The molecule has 1 aliphatic heterocycles. The molecule has 0 aromatic carbocycles. The highest BCUT2D eigenvalue weighted by atomic mass is 15.1. The first kappa shape index (κ1) is 13.9. The highest BCUT2D eigenvalue weighted by molar-refractivity contribution is 4.82. The van der Waals surface area contributed by atoms with Gasteiger partial charge in [0.1, 0.15) is 0 Å². The van der Waals surface area contributed by atoms with E-state index in [0.717, 1.165) is 0 Å². The quantitative estimate of drug-likeness (QED) is 0.675. The number of likely N-dealkylation sites (tertiary alicyclic amines) is 1. The summed E-state index contributed by atoms with van der Waals surface area (Å²) in [5.41, 5.74) is 0.565. The summed E-state index contributed by atoms with van der Waals surface area (Å²) in [7, 11) is 6.56. The minimum absolute atomic E-state index is 0.565. The van der Waals surface area contributed by atoms with Gasteiger partial charge >= 0.3 is 0 Å². The Morgan fingerprint density at radius 3 is 1.93 bits per heavy atom. The van der Waals surface area contributed by atoms with Crippen LogP contribution < -0.4 is 0 Å². The average molecular weight is 200 g/mol. The van der Waals surface area contributed by atoms with E-state index in [-0.39, 0.29) is 0 Å². The monoisotopic (exact) mass is 200 g/mol. The third-order valence-electron chi connectivity index (χ3n) is 2.89. The van der Waals surface area contributed by atoms with Crippen LogP contribution in [0.25, 0.3) is 0 Å². The predicted molar refractivity (Wildman–Crippen MR) is 64.7 cm³/mol. The van der Waals surface area contributed by atoms with Gasteiger partial charge in [0.25, 0.3) is 0 Å². The van der Waals surface area contributed by atoms with Gasteiger partial charge in [-0.1, -0.05) is 20.8 Å². The van der Waals surface area contributed by atoms with Crippen molar-refractivity contribution in [3.05, 3.63) is 0 Å². The second kappa shape index (κ2) is 6.41. The molecule has 0 aliphatic carbocycles. The molecule has 1 rings (SSSR count). The van der Waals surface area contributed by atoms with Crippen LogP contribution in [0, 0.1) is 5.41 Å². The van der Waals surface area contributed by atoms with Crippen molar-refractivity contribution in [3.63, 3.8) is 0 Å². The van der Waals surface area contributed by atoms with Gasteiger partial charge in [0, 0.05) is 6.54 Å². The van der Waals surface area contributed by atoms with Crippen LogP contribution in [0.3, 0.4) is 0 Å². The summed E-state index contributed by atoms with van der Waals surface area (Å²) in [6, 6.07) is 0. The van der Waals surface area contributed by atoms with E-state index in [0.29, 0.717) is 5.41 Å². The highest BCUT2D eigenvalue weighted by Gasteiger charge is 2.28. The Labute approximate surface area is 90.3 Å². The molecule has 86 valence electrons. The fourth-order valence-electron chi connectivity index (χ4n) is 2.08. The van der Waals surface area contributed by atoms with Crippen LogP contribution in [0.4, 0.5) is 0 Å². The van der Waals surface area contributed by atoms with Gasteiger partial charge in [-0.3, -0.25) is 0 Å². The SMILES string of the molecule is CC.CN(C)CC1(C)CCN(C)CC1. The van der Waals surface area contributed by atoms with Gasteiger partial charge in [-0.25, -0.2) is 0 Å². The van der Waals surface area contributed by atoms with E-state index in [1.807, 2.05) is 13.8 Å². The summed E-state index contributed by atoms with van der Waals surface area (Å²) < 4.78 is 0. The Bertz CT molecular complexity index is 135. The summed E-state index contributed by atoms with van der Waals surface area (Å²) in [5.74, 6) is 0. The first-order valence-corrected chi connectivity index (χ1v) is 5.85. The first-order chi connectivity index (χ1) is 6.52. The van der Waals surface area contributed by atoms with Crippen LogP contribution in [-0.4, -0.2) is 50.6 Å². The van der Waals surface area contributed by atoms with E-state index in [4.69, 9.17) is 0 Å². The van der Waals surface area contributed by atoms with Crippen LogP contribution in [0.15, 0.2) is 0 Å². The van der Waals surface area contributed by atoms with E-state index < -0.39 is 0 Å². The van der Waals surface area contributed by atoms with Gasteiger partial charge in [0.2, 0.25) is 0 Å². The number of piperidine rings is 1. The topological polar surface area (TPSA) is 6.48 Å². The van der Waals surface area contributed by atoms with Crippen molar-refractivity contribution in [1.82, 2.24) is 9.80 Å². The molecule has 0 unspecified atom stereocenters. The molecular formula is C12H28N2. The predicted octanol–water partition coefficient (Wildman–Crippen LogP) is 2.31. The van der Waals surface area contributed by atoms with Gasteiger partial charge in [0.05, 0.1) is 0 Å². The molecule has 2 heteroatoms. The van der Waals surface area contributed by atoms with Crippen LogP contribution >= 0.6 is 0 Å². The molecule has 0 aromatic rings. The van der Waals surface area contributed by atoms with Gasteiger partial charge in [-0.2, -0.15) is 0 Å². The zero-order chi connectivity index (χ0) is 11.2. The number of hydrogen-bond acceptors (Lipinski definition) is 2. The minimum Gasteiger partial charge on any atom is -0.309 e. The lowest BCUT2D eigenvalue weighted by Crippen LogP contribution is -2.41. The van der Waals surface area contributed by atoms with Crippen LogP contribution in [-0.2, 0) is 0 Å². The molecule has 1 aliphatic rings. The Morgan fingerprint density at radius 2 is 1.57 bits per heavy atom. The van der Waals surface area contributed by atoms with E-state index in [9.17, 15) is 0 Å². The molecule has 0 bridgehead atoms. The second-order valence-corrected chi connectivity index (χ2v) is 4.85. The molecule has 1 heterocycles. The second-order valence-electron chi connectivity index (χ2n) is 4.85. The zero-order valence-corrected chi connectivity index (χ0v) is 10.9. The largest absolute Gasteiger partial charge is 0.309 e. The summed E-state index contributed by atoms with van der Waals surface area (Å²) >= 11 is 0. The molecule has 14 heavy (non-hydrogen) atoms. The van der Waals surface area contributed by atoms with E-state index >= 15 is 0 Å². The summed E-state index contributed by atoms with van der Waals surface area (Å²) in [6.07, 6.45) is 2.70. The van der Waals surface area contributed by atoms with Crippen molar-refractivity contribution < 1.29 is 0 Å². The van der Waals surface area contributed by atoms with Gasteiger partial charge in [-0.15, -0.1) is 0 Å². The molecule has 0 amide bonds. The normalized spacial score (nSPS) is 21.6.